The number of hydrogen-bond acceptors (Lipinski definition) is 4. The summed E-state index contributed by atoms with van der Waals surface area (Å²) in [5.74, 6) is 0.906. The normalized spacial score (nSPS) is 10.6. The Morgan fingerprint density at radius 1 is 1.00 bits per heavy atom. The second-order valence-electron chi connectivity index (χ2n) is 7.02. The van der Waals surface area contributed by atoms with Crippen molar-refractivity contribution in [2.75, 3.05) is 18.2 Å². The van der Waals surface area contributed by atoms with E-state index in [0.717, 1.165) is 39.1 Å². The number of ether oxygens (including phenoxy) is 1. The number of imidazole rings is 1. The van der Waals surface area contributed by atoms with Gasteiger partial charge in [0.05, 0.1) is 24.2 Å². The molecule has 1 aromatic heterocycles. The average molecular weight is 430 g/mol. The Morgan fingerprint density at radius 2 is 1.71 bits per heavy atom. The number of thioether (sulfide) groups is 1. The molecule has 0 radical (unpaired) electrons. The van der Waals surface area contributed by atoms with Crippen LogP contribution in [-0.4, -0.2) is 28.3 Å². The van der Waals surface area contributed by atoms with Crippen LogP contribution >= 0.6 is 11.8 Å². The maximum Gasteiger partial charge on any atom is 0.234 e. The van der Waals surface area contributed by atoms with Gasteiger partial charge in [-0.05, 0) is 31.2 Å². The molecule has 4 aromatic rings. The highest BCUT2D eigenvalue weighted by atomic mass is 32.2. The molecule has 0 fully saturated rings. The first-order valence-electron chi connectivity index (χ1n) is 9.91. The topological polar surface area (TPSA) is 56.2 Å². The zero-order valence-electron chi connectivity index (χ0n) is 17.4. The summed E-state index contributed by atoms with van der Waals surface area (Å²) in [4.78, 5) is 17.3. The van der Waals surface area contributed by atoms with Crippen LogP contribution in [0.2, 0.25) is 0 Å². The number of nitrogens with zero attached hydrogens (tertiary/aromatic N) is 2. The van der Waals surface area contributed by atoms with E-state index >= 15 is 0 Å². The Labute approximate surface area is 186 Å². The van der Waals surface area contributed by atoms with E-state index in [-0.39, 0.29) is 11.7 Å². The van der Waals surface area contributed by atoms with Gasteiger partial charge in [-0.1, -0.05) is 71.9 Å². The molecule has 3 aromatic carbocycles. The number of aromatic nitrogens is 2. The molecule has 1 amide bonds. The summed E-state index contributed by atoms with van der Waals surface area (Å²) in [6.07, 6.45) is 1.98. The number of carbonyl (C=O) groups is 1. The van der Waals surface area contributed by atoms with Crippen LogP contribution in [0.15, 0.2) is 90.2 Å². The molecule has 0 saturated heterocycles. The first kappa shape index (κ1) is 20.8. The molecule has 0 aliphatic rings. The third kappa shape index (κ3) is 4.98. The van der Waals surface area contributed by atoms with Crippen LogP contribution in [-0.2, 0) is 4.79 Å². The Morgan fingerprint density at radius 3 is 2.45 bits per heavy atom. The predicted octanol–water partition coefficient (Wildman–Crippen LogP) is 5.59. The molecular formula is C25H23N3O2S. The van der Waals surface area contributed by atoms with E-state index < -0.39 is 0 Å². The summed E-state index contributed by atoms with van der Waals surface area (Å²) in [5.41, 5.74) is 4.67. The van der Waals surface area contributed by atoms with Gasteiger partial charge in [0.15, 0.2) is 5.16 Å². The van der Waals surface area contributed by atoms with Crippen LogP contribution < -0.4 is 10.1 Å². The van der Waals surface area contributed by atoms with E-state index in [1.165, 1.54) is 11.8 Å². The van der Waals surface area contributed by atoms with Crippen molar-refractivity contribution in [3.05, 3.63) is 90.6 Å². The largest absolute Gasteiger partial charge is 0.495 e. The lowest BCUT2D eigenvalue weighted by Crippen LogP contribution is -2.14. The third-order valence-electron chi connectivity index (χ3n) is 4.76. The smallest absolute Gasteiger partial charge is 0.234 e. The minimum absolute atomic E-state index is 0.0790. The molecule has 1 heterocycles. The molecule has 1 N–H and O–H groups in total. The van der Waals surface area contributed by atoms with Crippen LogP contribution in [0.25, 0.3) is 16.9 Å². The number of anilines is 1. The lowest BCUT2D eigenvalue weighted by Gasteiger charge is -2.11. The highest BCUT2D eigenvalue weighted by Crippen LogP contribution is 2.31. The summed E-state index contributed by atoms with van der Waals surface area (Å²) >= 11 is 1.39. The fourth-order valence-electron chi connectivity index (χ4n) is 3.18. The number of amides is 1. The van der Waals surface area contributed by atoms with Crippen molar-refractivity contribution in [3.8, 4) is 22.7 Å². The maximum atomic E-state index is 12.5. The molecule has 0 aliphatic heterocycles. The quantitative estimate of drug-likeness (QED) is 0.389. The molecule has 6 heteroatoms. The van der Waals surface area contributed by atoms with Crippen molar-refractivity contribution in [1.82, 2.24) is 9.55 Å². The number of nitrogens with one attached hydrogen (secondary N) is 1. The molecule has 0 aliphatic carbocycles. The molecule has 0 atom stereocenters. The lowest BCUT2D eigenvalue weighted by atomic mass is 10.2. The fourth-order valence-corrected chi connectivity index (χ4v) is 3.96. The van der Waals surface area contributed by atoms with Gasteiger partial charge in [-0.15, -0.1) is 0 Å². The van der Waals surface area contributed by atoms with Crippen molar-refractivity contribution in [3.63, 3.8) is 0 Å². The van der Waals surface area contributed by atoms with Gasteiger partial charge >= 0.3 is 0 Å². The zero-order valence-corrected chi connectivity index (χ0v) is 18.2. The van der Waals surface area contributed by atoms with Crippen LogP contribution in [0.4, 0.5) is 5.69 Å². The van der Waals surface area contributed by atoms with Crippen LogP contribution in [0, 0.1) is 6.92 Å². The minimum Gasteiger partial charge on any atom is -0.495 e. The molecule has 0 unspecified atom stereocenters. The van der Waals surface area contributed by atoms with E-state index in [2.05, 4.69) is 5.32 Å². The van der Waals surface area contributed by atoms with Gasteiger partial charge in [-0.3, -0.25) is 9.36 Å². The summed E-state index contributed by atoms with van der Waals surface area (Å²) in [5, 5.41) is 3.66. The van der Waals surface area contributed by atoms with Crippen molar-refractivity contribution >= 4 is 23.4 Å². The molecule has 0 spiro atoms. The van der Waals surface area contributed by atoms with Gasteiger partial charge in [0.2, 0.25) is 5.91 Å². The monoisotopic (exact) mass is 429 g/mol. The third-order valence-corrected chi connectivity index (χ3v) is 5.71. The number of aryl methyl sites for hydroxylation is 1. The van der Waals surface area contributed by atoms with Gasteiger partial charge in [-0.2, -0.15) is 0 Å². The molecular weight excluding hydrogens is 406 g/mol. The van der Waals surface area contributed by atoms with Gasteiger partial charge in [-0.25, -0.2) is 4.98 Å². The van der Waals surface area contributed by atoms with Crippen molar-refractivity contribution < 1.29 is 9.53 Å². The number of carbonyl (C=O) groups excluding carboxylic acids is 1. The standard InChI is InChI=1S/C25H23N3O2S/c1-18-12-14-20(15-13-18)26-24(29)17-31-25-27-21(19-8-4-3-5-9-19)16-28(25)22-10-6-7-11-23(22)30-2/h3-16H,17H2,1-2H3,(H,26,29). The summed E-state index contributed by atoms with van der Waals surface area (Å²) < 4.78 is 7.52. The average Bonchev–Trinajstić information content (AvgIpc) is 3.24. The number of hydrogen-bond donors (Lipinski definition) is 1. The van der Waals surface area contributed by atoms with E-state index in [4.69, 9.17) is 9.72 Å². The number of para-hydroxylation sites is 2. The molecule has 0 saturated carbocycles. The van der Waals surface area contributed by atoms with Crippen LogP contribution in [0.5, 0.6) is 5.75 Å². The highest BCUT2D eigenvalue weighted by molar-refractivity contribution is 7.99. The van der Waals surface area contributed by atoms with Crippen LogP contribution in [0.1, 0.15) is 5.56 Å². The second-order valence-corrected chi connectivity index (χ2v) is 7.96. The van der Waals surface area contributed by atoms with Gasteiger partial charge in [0.25, 0.3) is 0 Å². The van der Waals surface area contributed by atoms with Gasteiger partial charge < -0.3 is 10.1 Å². The second kappa shape index (κ2) is 9.53. The Bertz CT molecular complexity index is 1170. The minimum atomic E-state index is -0.0790. The van der Waals surface area contributed by atoms with E-state index in [1.807, 2.05) is 96.6 Å². The Kier molecular flexibility index (Phi) is 6.38. The van der Waals surface area contributed by atoms with Gasteiger partial charge in [0, 0.05) is 17.4 Å². The number of benzene rings is 3. The summed E-state index contributed by atoms with van der Waals surface area (Å²) in [7, 11) is 1.65. The molecule has 31 heavy (non-hydrogen) atoms. The Balaban J connectivity index is 1.60. The van der Waals surface area contributed by atoms with Crippen molar-refractivity contribution in [2.45, 2.75) is 12.1 Å². The lowest BCUT2D eigenvalue weighted by molar-refractivity contribution is -0.113. The first-order valence-corrected chi connectivity index (χ1v) is 10.9. The van der Waals surface area contributed by atoms with Crippen molar-refractivity contribution in [1.29, 1.82) is 0 Å². The summed E-state index contributed by atoms with van der Waals surface area (Å²) in [6.45, 7) is 2.02. The van der Waals surface area contributed by atoms with Crippen molar-refractivity contribution in [2.24, 2.45) is 0 Å². The SMILES string of the molecule is COc1ccccc1-n1cc(-c2ccccc2)nc1SCC(=O)Nc1ccc(C)cc1. The molecule has 0 bridgehead atoms. The summed E-state index contributed by atoms with van der Waals surface area (Å²) in [6, 6.07) is 25.5. The van der Waals surface area contributed by atoms with Crippen LogP contribution in [0.3, 0.4) is 0 Å². The molecule has 5 nitrogen and oxygen atoms in total. The number of rotatable bonds is 7. The Hall–Kier alpha value is -3.51. The first-order chi connectivity index (χ1) is 15.1. The fraction of sp³-hybridized carbons (Fsp3) is 0.120. The van der Waals surface area contributed by atoms with E-state index in [1.54, 1.807) is 7.11 Å². The maximum absolute atomic E-state index is 12.5. The molecule has 4 rings (SSSR count). The predicted molar refractivity (Wildman–Crippen MR) is 126 cm³/mol. The number of methoxy groups -OCH3 is 1. The van der Waals surface area contributed by atoms with E-state index in [0.29, 0.717) is 0 Å². The van der Waals surface area contributed by atoms with Gasteiger partial charge in [0.1, 0.15) is 5.75 Å². The zero-order chi connectivity index (χ0) is 21.6. The van der Waals surface area contributed by atoms with E-state index in [9.17, 15) is 4.79 Å². The molecule has 156 valence electrons. The highest BCUT2D eigenvalue weighted by Gasteiger charge is 2.16.